The van der Waals surface area contributed by atoms with Gasteiger partial charge in [0.05, 0.1) is 18.6 Å². The Balaban J connectivity index is 2.89. The molecule has 1 aliphatic carbocycles. The van der Waals surface area contributed by atoms with Crippen LogP contribution in [0.15, 0.2) is 0 Å². The first-order valence-electron chi connectivity index (χ1n) is 7.04. The molecule has 0 radical (unpaired) electrons. The first-order valence-corrected chi connectivity index (χ1v) is 8.19. The summed E-state index contributed by atoms with van der Waals surface area (Å²) in [6, 6.07) is -0.0810. The van der Waals surface area contributed by atoms with Gasteiger partial charge in [0, 0.05) is 11.4 Å². The standard InChI is InChI=1S/C14H27NO3S/c1-6-11(15-19(17)13(2,3)4)14(12(16)18-5)9-7-8-10-14/h11,15H,6-10H2,1-5H3. The summed E-state index contributed by atoms with van der Waals surface area (Å²) in [7, 11) is 1.44. The SMILES string of the molecule is CCC(N[S+]([O-])C(C)(C)C)C1(C(=O)OC)CCCC1. The molecular weight excluding hydrogens is 262 g/mol. The van der Waals surface area contributed by atoms with E-state index in [4.69, 9.17) is 4.74 Å². The number of carbonyl (C=O) groups is 1. The van der Waals surface area contributed by atoms with Gasteiger partial charge in [-0.2, -0.15) is 0 Å². The van der Waals surface area contributed by atoms with Gasteiger partial charge in [0.1, 0.15) is 4.75 Å². The summed E-state index contributed by atoms with van der Waals surface area (Å²) in [5.74, 6) is -0.157. The number of nitrogens with one attached hydrogen (secondary N) is 1. The van der Waals surface area contributed by atoms with E-state index in [-0.39, 0.29) is 16.8 Å². The molecule has 1 N–H and O–H groups in total. The summed E-state index contributed by atoms with van der Waals surface area (Å²) in [6.07, 6.45) is 4.50. The summed E-state index contributed by atoms with van der Waals surface area (Å²) in [5.41, 5.74) is -0.496. The number of carbonyl (C=O) groups excluding carboxylic acids is 1. The van der Waals surface area contributed by atoms with Crippen LogP contribution in [0.5, 0.6) is 0 Å². The largest absolute Gasteiger partial charge is 0.598 e. The topological polar surface area (TPSA) is 61.4 Å². The molecule has 4 nitrogen and oxygen atoms in total. The predicted octanol–water partition coefficient (Wildman–Crippen LogP) is 2.55. The maximum atomic E-state index is 12.3. The molecule has 1 saturated carbocycles. The number of ether oxygens (including phenoxy) is 1. The van der Waals surface area contributed by atoms with Gasteiger partial charge < -0.3 is 9.29 Å². The molecule has 2 atom stereocenters. The van der Waals surface area contributed by atoms with E-state index in [0.717, 1.165) is 32.1 Å². The van der Waals surface area contributed by atoms with Gasteiger partial charge in [-0.25, -0.2) is 0 Å². The van der Waals surface area contributed by atoms with Crippen LogP contribution in [0.4, 0.5) is 0 Å². The second kappa shape index (κ2) is 6.46. The number of esters is 1. The van der Waals surface area contributed by atoms with Gasteiger partial charge in [0.15, 0.2) is 0 Å². The highest BCUT2D eigenvalue weighted by atomic mass is 32.2. The molecule has 19 heavy (non-hydrogen) atoms. The molecule has 1 fully saturated rings. The molecule has 0 saturated heterocycles. The predicted molar refractivity (Wildman–Crippen MR) is 78.0 cm³/mol. The normalized spacial score (nSPS) is 22.0. The Labute approximate surface area is 120 Å². The highest BCUT2D eigenvalue weighted by molar-refractivity contribution is 7.90. The maximum Gasteiger partial charge on any atom is 0.313 e. The van der Waals surface area contributed by atoms with Crippen molar-refractivity contribution in [3.63, 3.8) is 0 Å². The fraction of sp³-hybridized carbons (Fsp3) is 0.929. The first-order chi connectivity index (χ1) is 8.78. The van der Waals surface area contributed by atoms with Gasteiger partial charge in [0.25, 0.3) is 0 Å². The highest BCUT2D eigenvalue weighted by Gasteiger charge is 2.50. The van der Waals surface area contributed by atoms with Crippen molar-refractivity contribution in [3.05, 3.63) is 0 Å². The van der Waals surface area contributed by atoms with Crippen LogP contribution in [-0.2, 0) is 20.9 Å². The number of hydrogen-bond donors (Lipinski definition) is 1. The van der Waals surface area contributed by atoms with Gasteiger partial charge in [-0.3, -0.25) is 4.79 Å². The zero-order valence-electron chi connectivity index (χ0n) is 12.7. The smallest absolute Gasteiger partial charge is 0.313 e. The van der Waals surface area contributed by atoms with Crippen LogP contribution in [0.2, 0.25) is 0 Å². The lowest BCUT2D eigenvalue weighted by molar-refractivity contribution is -0.154. The summed E-state index contributed by atoms with van der Waals surface area (Å²) >= 11 is -1.17. The Morgan fingerprint density at radius 1 is 1.42 bits per heavy atom. The number of hydrogen-bond acceptors (Lipinski definition) is 4. The summed E-state index contributed by atoms with van der Waals surface area (Å²) in [6.45, 7) is 7.83. The second-order valence-electron chi connectivity index (χ2n) is 6.31. The summed E-state index contributed by atoms with van der Waals surface area (Å²) in [4.78, 5) is 12.2. The fourth-order valence-corrected chi connectivity index (χ4v) is 3.80. The Bertz CT molecular complexity index is 308. The van der Waals surface area contributed by atoms with E-state index < -0.39 is 16.8 Å². The molecule has 112 valence electrons. The monoisotopic (exact) mass is 289 g/mol. The van der Waals surface area contributed by atoms with Crippen molar-refractivity contribution in [1.29, 1.82) is 0 Å². The molecule has 0 amide bonds. The van der Waals surface area contributed by atoms with E-state index in [1.165, 1.54) is 7.11 Å². The average Bonchev–Trinajstić information content (AvgIpc) is 2.83. The van der Waals surface area contributed by atoms with Gasteiger partial charge >= 0.3 is 5.97 Å². The maximum absolute atomic E-state index is 12.3. The Kier molecular flexibility index (Phi) is 5.71. The van der Waals surface area contributed by atoms with Crippen LogP contribution in [0.25, 0.3) is 0 Å². The van der Waals surface area contributed by atoms with Gasteiger partial charge in [-0.1, -0.05) is 19.8 Å². The minimum Gasteiger partial charge on any atom is -0.598 e. The first kappa shape index (κ1) is 16.8. The van der Waals surface area contributed by atoms with Gasteiger partial charge in [0.2, 0.25) is 0 Å². The zero-order valence-corrected chi connectivity index (χ0v) is 13.6. The van der Waals surface area contributed by atoms with Crippen LogP contribution >= 0.6 is 0 Å². The van der Waals surface area contributed by atoms with E-state index in [1.807, 2.05) is 27.7 Å². The highest BCUT2D eigenvalue weighted by Crippen LogP contribution is 2.43. The quantitative estimate of drug-likeness (QED) is 0.624. The summed E-state index contributed by atoms with van der Waals surface area (Å²) < 4.78 is 20.1. The van der Waals surface area contributed by atoms with E-state index in [1.54, 1.807) is 0 Å². The van der Waals surface area contributed by atoms with Crippen molar-refractivity contribution in [2.24, 2.45) is 5.41 Å². The lowest BCUT2D eigenvalue weighted by Crippen LogP contribution is -2.54. The Morgan fingerprint density at radius 2 is 1.95 bits per heavy atom. The van der Waals surface area contributed by atoms with Crippen LogP contribution in [0.1, 0.15) is 59.8 Å². The third-order valence-electron chi connectivity index (χ3n) is 3.97. The molecule has 0 aromatic heterocycles. The Hall–Kier alpha value is -0.260. The Morgan fingerprint density at radius 3 is 2.32 bits per heavy atom. The third kappa shape index (κ3) is 3.64. The number of rotatable bonds is 5. The molecule has 0 bridgehead atoms. The summed E-state index contributed by atoms with van der Waals surface area (Å²) in [5, 5.41) is 0. The van der Waals surface area contributed by atoms with Crippen molar-refractivity contribution < 1.29 is 14.1 Å². The van der Waals surface area contributed by atoms with Crippen molar-refractivity contribution in [2.45, 2.75) is 70.6 Å². The number of methoxy groups -OCH3 is 1. The van der Waals surface area contributed by atoms with Gasteiger partial charge in [-0.15, -0.1) is 4.72 Å². The molecule has 5 heteroatoms. The molecule has 0 spiro atoms. The van der Waals surface area contributed by atoms with Crippen LogP contribution in [0, 0.1) is 5.41 Å². The molecular formula is C14H27NO3S. The minimum absolute atomic E-state index is 0.0810. The third-order valence-corrected chi connectivity index (χ3v) is 5.58. The average molecular weight is 289 g/mol. The zero-order chi connectivity index (χ0) is 14.7. The lowest BCUT2D eigenvalue weighted by atomic mass is 9.78. The van der Waals surface area contributed by atoms with E-state index in [0.29, 0.717) is 0 Å². The fourth-order valence-electron chi connectivity index (χ4n) is 2.80. The molecule has 2 unspecified atom stereocenters. The van der Waals surface area contributed by atoms with Crippen LogP contribution in [0.3, 0.4) is 0 Å². The second-order valence-corrected chi connectivity index (χ2v) is 8.31. The van der Waals surface area contributed by atoms with E-state index in [9.17, 15) is 9.35 Å². The minimum atomic E-state index is -1.17. The van der Waals surface area contributed by atoms with Crippen molar-refractivity contribution in [2.75, 3.05) is 7.11 Å². The van der Waals surface area contributed by atoms with Crippen LogP contribution < -0.4 is 4.72 Å². The molecule has 0 aliphatic heterocycles. The van der Waals surface area contributed by atoms with Crippen LogP contribution in [-0.4, -0.2) is 28.4 Å². The van der Waals surface area contributed by atoms with E-state index >= 15 is 0 Å². The molecule has 1 aliphatic rings. The molecule has 0 aromatic rings. The lowest BCUT2D eigenvalue weighted by Gasteiger charge is -2.36. The van der Waals surface area contributed by atoms with E-state index in [2.05, 4.69) is 4.72 Å². The van der Waals surface area contributed by atoms with Gasteiger partial charge in [-0.05, 0) is 40.0 Å². The molecule has 0 heterocycles. The molecule has 0 aromatic carbocycles. The van der Waals surface area contributed by atoms with Crippen molar-refractivity contribution in [1.82, 2.24) is 4.72 Å². The molecule has 1 rings (SSSR count). The van der Waals surface area contributed by atoms with Crippen molar-refractivity contribution >= 4 is 17.3 Å². The van der Waals surface area contributed by atoms with Crippen molar-refractivity contribution in [3.8, 4) is 0 Å².